The minimum Gasteiger partial charge on any atom is -0.419 e. The zero-order valence-corrected chi connectivity index (χ0v) is 13.1. The standard InChI is InChI=1S/C17H25N3O/c1-3-5-12-20(13-6-4-2)14-16-18-19-17(21-16)15-10-8-7-9-11-15/h7-11H,3-6,12-14H2,1-2H3. The Kier molecular flexibility index (Phi) is 6.41. The van der Waals surface area contributed by atoms with Gasteiger partial charge in [0.1, 0.15) is 0 Å². The SMILES string of the molecule is CCCCN(CCCC)Cc1nnc(-c2ccccc2)o1. The molecule has 2 aromatic rings. The molecule has 114 valence electrons. The van der Waals surface area contributed by atoms with E-state index in [1.165, 1.54) is 25.7 Å². The second-order valence-corrected chi connectivity index (χ2v) is 5.35. The zero-order chi connectivity index (χ0) is 14.9. The van der Waals surface area contributed by atoms with E-state index in [9.17, 15) is 0 Å². The van der Waals surface area contributed by atoms with Gasteiger partial charge in [-0.15, -0.1) is 10.2 Å². The van der Waals surface area contributed by atoms with Gasteiger partial charge in [-0.2, -0.15) is 0 Å². The van der Waals surface area contributed by atoms with Crippen molar-refractivity contribution in [3.05, 3.63) is 36.2 Å². The Hall–Kier alpha value is -1.68. The quantitative estimate of drug-likeness (QED) is 0.695. The Balaban J connectivity index is 1.98. The Morgan fingerprint density at radius 1 is 0.952 bits per heavy atom. The van der Waals surface area contributed by atoms with Crippen molar-refractivity contribution in [3.8, 4) is 11.5 Å². The Bertz CT molecular complexity index is 502. The maximum atomic E-state index is 5.80. The predicted octanol–water partition coefficient (Wildman–Crippen LogP) is 4.14. The van der Waals surface area contributed by atoms with E-state index in [1.54, 1.807) is 0 Å². The van der Waals surface area contributed by atoms with Crippen LogP contribution in [0.15, 0.2) is 34.7 Å². The molecule has 4 nitrogen and oxygen atoms in total. The van der Waals surface area contributed by atoms with Crippen LogP contribution in [0.1, 0.15) is 45.4 Å². The van der Waals surface area contributed by atoms with Crippen LogP contribution in [-0.2, 0) is 6.54 Å². The molecule has 0 atom stereocenters. The van der Waals surface area contributed by atoms with Gasteiger partial charge in [-0.05, 0) is 38.1 Å². The van der Waals surface area contributed by atoms with Crippen molar-refractivity contribution in [3.63, 3.8) is 0 Å². The molecule has 0 amide bonds. The molecule has 0 N–H and O–H groups in total. The average Bonchev–Trinajstić information content (AvgIpc) is 2.99. The van der Waals surface area contributed by atoms with Crippen molar-refractivity contribution in [2.75, 3.05) is 13.1 Å². The van der Waals surface area contributed by atoms with Gasteiger partial charge in [0, 0.05) is 5.56 Å². The van der Waals surface area contributed by atoms with Crippen molar-refractivity contribution in [1.29, 1.82) is 0 Å². The molecule has 0 saturated heterocycles. The van der Waals surface area contributed by atoms with E-state index >= 15 is 0 Å². The van der Waals surface area contributed by atoms with Gasteiger partial charge in [0.2, 0.25) is 11.8 Å². The summed E-state index contributed by atoms with van der Waals surface area (Å²) in [5.74, 6) is 1.32. The van der Waals surface area contributed by atoms with E-state index in [2.05, 4.69) is 28.9 Å². The molecule has 0 bridgehead atoms. The lowest BCUT2D eigenvalue weighted by Crippen LogP contribution is -2.25. The highest BCUT2D eigenvalue weighted by Gasteiger charge is 2.12. The average molecular weight is 287 g/mol. The lowest BCUT2D eigenvalue weighted by atomic mass is 10.2. The number of unbranched alkanes of at least 4 members (excludes halogenated alkanes) is 2. The van der Waals surface area contributed by atoms with Gasteiger partial charge in [-0.3, -0.25) is 4.90 Å². The molecule has 1 aromatic carbocycles. The molecule has 0 aliphatic carbocycles. The molecule has 0 unspecified atom stereocenters. The molecule has 0 radical (unpaired) electrons. The second-order valence-electron chi connectivity index (χ2n) is 5.35. The molecule has 2 rings (SSSR count). The molecule has 0 saturated carbocycles. The van der Waals surface area contributed by atoms with Crippen LogP contribution in [0.5, 0.6) is 0 Å². The van der Waals surface area contributed by atoms with Crippen LogP contribution < -0.4 is 0 Å². The number of nitrogens with zero attached hydrogens (tertiary/aromatic N) is 3. The third kappa shape index (κ3) is 4.97. The van der Waals surface area contributed by atoms with Gasteiger partial charge in [-0.25, -0.2) is 0 Å². The molecular formula is C17H25N3O. The maximum absolute atomic E-state index is 5.80. The summed E-state index contributed by atoms with van der Waals surface area (Å²) in [5, 5.41) is 8.35. The maximum Gasteiger partial charge on any atom is 0.247 e. The van der Waals surface area contributed by atoms with Crippen LogP contribution in [0, 0.1) is 0 Å². The van der Waals surface area contributed by atoms with Crippen molar-refractivity contribution in [2.24, 2.45) is 0 Å². The van der Waals surface area contributed by atoms with Crippen LogP contribution in [0.2, 0.25) is 0 Å². The zero-order valence-electron chi connectivity index (χ0n) is 13.1. The highest BCUT2D eigenvalue weighted by atomic mass is 16.4. The van der Waals surface area contributed by atoms with Gasteiger partial charge in [0.05, 0.1) is 6.54 Å². The fourth-order valence-electron chi connectivity index (χ4n) is 2.24. The monoisotopic (exact) mass is 287 g/mol. The summed E-state index contributed by atoms with van der Waals surface area (Å²) >= 11 is 0. The first kappa shape index (κ1) is 15.7. The van der Waals surface area contributed by atoms with E-state index in [0.29, 0.717) is 11.8 Å². The molecule has 4 heteroatoms. The summed E-state index contributed by atoms with van der Waals surface area (Å²) in [6.07, 6.45) is 4.84. The summed E-state index contributed by atoms with van der Waals surface area (Å²) in [6.45, 7) is 7.38. The first-order valence-electron chi connectivity index (χ1n) is 7.93. The normalized spacial score (nSPS) is 11.2. The number of aromatic nitrogens is 2. The van der Waals surface area contributed by atoms with Gasteiger partial charge >= 0.3 is 0 Å². The van der Waals surface area contributed by atoms with Crippen LogP contribution in [0.25, 0.3) is 11.5 Å². The molecule has 0 spiro atoms. The van der Waals surface area contributed by atoms with E-state index in [-0.39, 0.29) is 0 Å². The second kappa shape index (κ2) is 8.57. The van der Waals surface area contributed by atoms with Gasteiger partial charge < -0.3 is 4.42 Å². The molecule has 21 heavy (non-hydrogen) atoms. The van der Waals surface area contributed by atoms with Crippen LogP contribution in [0.4, 0.5) is 0 Å². The van der Waals surface area contributed by atoms with Crippen LogP contribution in [0.3, 0.4) is 0 Å². The minimum atomic E-state index is 0.608. The molecule has 1 heterocycles. The minimum absolute atomic E-state index is 0.608. The number of hydrogen-bond acceptors (Lipinski definition) is 4. The molecule has 0 fully saturated rings. The van der Waals surface area contributed by atoms with Crippen molar-refractivity contribution < 1.29 is 4.42 Å². The summed E-state index contributed by atoms with van der Waals surface area (Å²) in [4.78, 5) is 2.41. The van der Waals surface area contributed by atoms with Crippen molar-refractivity contribution in [2.45, 2.75) is 46.1 Å². The van der Waals surface area contributed by atoms with Crippen LogP contribution in [-0.4, -0.2) is 28.2 Å². The highest BCUT2D eigenvalue weighted by molar-refractivity contribution is 5.51. The first-order chi connectivity index (χ1) is 10.3. The molecule has 1 aromatic heterocycles. The fourth-order valence-corrected chi connectivity index (χ4v) is 2.24. The Morgan fingerprint density at radius 3 is 2.24 bits per heavy atom. The number of hydrogen-bond donors (Lipinski definition) is 0. The predicted molar refractivity (Wildman–Crippen MR) is 84.8 cm³/mol. The van der Waals surface area contributed by atoms with E-state index in [1.807, 2.05) is 30.3 Å². The molecular weight excluding hydrogens is 262 g/mol. The van der Waals surface area contributed by atoms with Crippen LogP contribution >= 0.6 is 0 Å². The third-order valence-electron chi connectivity index (χ3n) is 3.50. The van der Waals surface area contributed by atoms with Gasteiger partial charge in [0.25, 0.3) is 0 Å². The topological polar surface area (TPSA) is 42.2 Å². The van der Waals surface area contributed by atoms with E-state index in [4.69, 9.17) is 4.42 Å². The number of rotatable bonds is 9. The van der Waals surface area contributed by atoms with Crippen molar-refractivity contribution >= 4 is 0 Å². The smallest absolute Gasteiger partial charge is 0.247 e. The van der Waals surface area contributed by atoms with Gasteiger partial charge in [-0.1, -0.05) is 44.9 Å². The summed E-state index contributed by atoms with van der Waals surface area (Å²) in [7, 11) is 0. The first-order valence-corrected chi connectivity index (χ1v) is 7.93. The molecule has 0 aliphatic rings. The van der Waals surface area contributed by atoms with E-state index < -0.39 is 0 Å². The number of benzene rings is 1. The van der Waals surface area contributed by atoms with Crippen molar-refractivity contribution in [1.82, 2.24) is 15.1 Å². The molecule has 0 aliphatic heterocycles. The lowest BCUT2D eigenvalue weighted by molar-refractivity contribution is 0.233. The summed E-state index contributed by atoms with van der Waals surface area (Å²) < 4.78 is 5.80. The highest BCUT2D eigenvalue weighted by Crippen LogP contribution is 2.17. The fraction of sp³-hybridized carbons (Fsp3) is 0.529. The lowest BCUT2D eigenvalue weighted by Gasteiger charge is -2.19. The summed E-state index contributed by atoms with van der Waals surface area (Å²) in [5.41, 5.74) is 0.977. The summed E-state index contributed by atoms with van der Waals surface area (Å²) in [6, 6.07) is 9.92. The van der Waals surface area contributed by atoms with E-state index in [0.717, 1.165) is 25.2 Å². The Morgan fingerprint density at radius 2 is 1.62 bits per heavy atom. The third-order valence-corrected chi connectivity index (χ3v) is 3.50. The Labute approximate surface area is 127 Å². The van der Waals surface area contributed by atoms with Gasteiger partial charge in [0.15, 0.2) is 0 Å². The largest absolute Gasteiger partial charge is 0.419 e.